The van der Waals surface area contributed by atoms with Crippen molar-refractivity contribution in [1.29, 1.82) is 0 Å². The molecule has 0 saturated heterocycles. The van der Waals surface area contributed by atoms with Gasteiger partial charge < -0.3 is 5.32 Å². The van der Waals surface area contributed by atoms with Gasteiger partial charge in [-0.1, -0.05) is 66.2 Å². The molecule has 0 aliphatic heterocycles. The van der Waals surface area contributed by atoms with Crippen LogP contribution in [0.5, 0.6) is 0 Å². The van der Waals surface area contributed by atoms with Crippen molar-refractivity contribution >= 4 is 29.3 Å². The summed E-state index contributed by atoms with van der Waals surface area (Å²) in [6.45, 7) is 0. The van der Waals surface area contributed by atoms with Crippen molar-refractivity contribution in [3.05, 3.63) is 95.5 Å². The van der Waals surface area contributed by atoms with Crippen LogP contribution in [0.15, 0.2) is 84.9 Å². The maximum Gasteiger partial charge on any atom is 0.248 e. The fraction of sp³-hybridized carbons (Fsp3) is 0. The topological polar surface area (TPSA) is 29.1 Å². The molecule has 0 heterocycles. The zero-order valence-corrected chi connectivity index (χ0v) is 13.7. The number of hydrogen-bond acceptors (Lipinski definition) is 1. The number of benzene rings is 3. The zero-order chi connectivity index (χ0) is 16.8. The van der Waals surface area contributed by atoms with E-state index >= 15 is 0 Å². The van der Waals surface area contributed by atoms with Crippen LogP contribution >= 0.6 is 11.6 Å². The highest BCUT2D eigenvalue weighted by molar-refractivity contribution is 6.30. The minimum atomic E-state index is -0.169. The number of amides is 1. The van der Waals surface area contributed by atoms with Crippen molar-refractivity contribution in [3.8, 4) is 11.1 Å². The number of carbonyl (C=O) groups is 1. The Kier molecular flexibility index (Phi) is 5.09. The molecule has 3 aromatic carbocycles. The Morgan fingerprint density at radius 2 is 1.42 bits per heavy atom. The second-order valence-electron chi connectivity index (χ2n) is 5.32. The summed E-state index contributed by atoms with van der Waals surface area (Å²) >= 11 is 5.84. The van der Waals surface area contributed by atoms with Gasteiger partial charge in [-0.05, 0) is 47.0 Å². The largest absolute Gasteiger partial charge is 0.323 e. The molecule has 2 nitrogen and oxygen atoms in total. The number of rotatable bonds is 4. The monoisotopic (exact) mass is 333 g/mol. The van der Waals surface area contributed by atoms with Crippen LogP contribution in [0.25, 0.3) is 17.2 Å². The molecule has 0 aromatic heterocycles. The Bertz CT molecular complexity index is 837. The van der Waals surface area contributed by atoms with E-state index in [4.69, 9.17) is 11.6 Å². The van der Waals surface area contributed by atoms with E-state index in [1.165, 1.54) is 6.08 Å². The molecule has 0 fully saturated rings. The maximum absolute atomic E-state index is 12.0. The van der Waals surface area contributed by atoms with E-state index in [1.54, 1.807) is 18.2 Å². The highest BCUT2D eigenvalue weighted by Gasteiger charge is 2.00. The SMILES string of the molecule is O=C(C=Cc1ccc(Cl)cc1)Nc1ccc(-c2ccccc2)cc1. The van der Waals surface area contributed by atoms with Gasteiger partial charge in [0.05, 0.1) is 0 Å². The molecule has 3 aromatic rings. The number of anilines is 1. The average Bonchev–Trinajstić information content (AvgIpc) is 2.63. The molecule has 0 unspecified atom stereocenters. The molecule has 0 aliphatic rings. The second kappa shape index (κ2) is 7.62. The Morgan fingerprint density at radius 1 is 0.792 bits per heavy atom. The minimum Gasteiger partial charge on any atom is -0.323 e. The highest BCUT2D eigenvalue weighted by atomic mass is 35.5. The number of hydrogen-bond donors (Lipinski definition) is 1. The standard InChI is InChI=1S/C21H16ClNO/c22-19-11-6-16(7-12-19)8-15-21(24)23-20-13-9-18(10-14-20)17-4-2-1-3-5-17/h1-15H,(H,23,24). The number of nitrogens with one attached hydrogen (secondary N) is 1. The lowest BCUT2D eigenvalue weighted by molar-refractivity contribution is -0.111. The third-order valence-electron chi connectivity index (χ3n) is 3.56. The Labute approximate surface area is 146 Å². The number of carbonyl (C=O) groups excluding carboxylic acids is 1. The van der Waals surface area contributed by atoms with Gasteiger partial charge in [0.25, 0.3) is 0 Å². The Morgan fingerprint density at radius 3 is 2.08 bits per heavy atom. The fourth-order valence-electron chi connectivity index (χ4n) is 2.31. The van der Waals surface area contributed by atoms with Crippen LogP contribution in [0.4, 0.5) is 5.69 Å². The van der Waals surface area contributed by atoms with Gasteiger partial charge in [0.1, 0.15) is 0 Å². The lowest BCUT2D eigenvalue weighted by Gasteiger charge is -2.05. The molecular weight excluding hydrogens is 318 g/mol. The molecule has 0 radical (unpaired) electrons. The van der Waals surface area contributed by atoms with Crippen molar-refractivity contribution in [2.45, 2.75) is 0 Å². The van der Waals surface area contributed by atoms with E-state index in [2.05, 4.69) is 17.4 Å². The van der Waals surface area contributed by atoms with Gasteiger partial charge >= 0.3 is 0 Å². The third kappa shape index (κ3) is 4.34. The second-order valence-corrected chi connectivity index (χ2v) is 5.75. The summed E-state index contributed by atoms with van der Waals surface area (Å²) in [5.41, 5.74) is 3.96. The van der Waals surface area contributed by atoms with Crippen LogP contribution < -0.4 is 5.32 Å². The summed E-state index contributed by atoms with van der Waals surface area (Å²) in [5, 5.41) is 3.53. The van der Waals surface area contributed by atoms with Crippen LogP contribution in [0.3, 0.4) is 0 Å². The first-order valence-corrected chi connectivity index (χ1v) is 7.99. The van der Waals surface area contributed by atoms with Gasteiger partial charge in [0.2, 0.25) is 5.91 Å². The molecular formula is C21H16ClNO. The normalized spacial score (nSPS) is 10.7. The number of halogens is 1. The minimum absolute atomic E-state index is 0.169. The van der Waals surface area contributed by atoms with Crippen molar-refractivity contribution < 1.29 is 4.79 Å². The van der Waals surface area contributed by atoms with E-state index in [0.717, 1.165) is 22.4 Å². The van der Waals surface area contributed by atoms with E-state index in [9.17, 15) is 4.79 Å². The molecule has 3 heteroatoms. The van der Waals surface area contributed by atoms with Gasteiger partial charge in [-0.2, -0.15) is 0 Å². The van der Waals surface area contributed by atoms with Crippen LogP contribution in [0.2, 0.25) is 5.02 Å². The van der Waals surface area contributed by atoms with E-state index in [0.29, 0.717) is 5.02 Å². The third-order valence-corrected chi connectivity index (χ3v) is 3.81. The Hall–Kier alpha value is -2.84. The van der Waals surface area contributed by atoms with Gasteiger partial charge in [0, 0.05) is 16.8 Å². The summed E-state index contributed by atoms with van der Waals surface area (Å²) in [7, 11) is 0. The van der Waals surface area contributed by atoms with Crippen molar-refractivity contribution in [3.63, 3.8) is 0 Å². The van der Waals surface area contributed by atoms with Crippen LogP contribution in [-0.4, -0.2) is 5.91 Å². The van der Waals surface area contributed by atoms with Crippen LogP contribution in [0.1, 0.15) is 5.56 Å². The summed E-state index contributed by atoms with van der Waals surface area (Å²) in [5.74, 6) is -0.169. The molecule has 24 heavy (non-hydrogen) atoms. The maximum atomic E-state index is 12.0. The first kappa shape index (κ1) is 16.0. The summed E-state index contributed by atoms with van der Waals surface area (Å²) in [6, 6.07) is 25.2. The smallest absolute Gasteiger partial charge is 0.248 e. The lowest BCUT2D eigenvalue weighted by atomic mass is 10.1. The molecule has 1 amide bonds. The van der Waals surface area contributed by atoms with Gasteiger partial charge in [0.15, 0.2) is 0 Å². The van der Waals surface area contributed by atoms with Crippen molar-refractivity contribution in [2.24, 2.45) is 0 Å². The zero-order valence-electron chi connectivity index (χ0n) is 12.9. The molecule has 3 rings (SSSR count). The average molecular weight is 334 g/mol. The van der Waals surface area contributed by atoms with Gasteiger partial charge in [-0.15, -0.1) is 0 Å². The predicted octanol–water partition coefficient (Wildman–Crippen LogP) is 5.66. The molecule has 0 bridgehead atoms. The van der Waals surface area contributed by atoms with Crippen molar-refractivity contribution in [1.82, 2.24) is 0 Å². The van der Waals surface area contributed by atoms with Gasteiger partial charge in [-0.3, -0.25) is 4.79 Å². The van der Waals surface area contributed by atoms with E-state index in [-0.39, 0.29) is 5.91 Å². The highest BCUT2D eigenvalue weighted by Crippen LogP contribution is 2.21. The summed E-state index contributed by atoms with van der Waals surface area (Å²) < 4.78 is 0. The van der Waals surface area contributed by atoms with E-state index in [1.807, 2.05) is 54.6 Å². The van der Waals surface area contributed by atoms with Gasteiger partial charge in [-0.25, -0.2) is 0 Å². The van der Waals surface area contributed by atoms with Crippen LogP contribution in [-0.2, 0) is 4.79 Å². The van der Waals surface area contributed by atoms with E-state index < -0.39 is 0 Å². The first-order chi connectivity index (χ1) is 11.7. The fourth-order valence-corrected chi connectivity index (χ4v) is 2.43. The molecule has 0 aliphatic carbocycles. The molecule has 0 spiro atoms. The quantitative estimate of drug-likeness (QED) is 0.613. The lowest BCUT2D eigenvalue weighted by Crippen LogP contribution is -2.07. The predicted molar refractivity (Wildman–Crippen MR) is 101 cm³/mol. The molecule has 1 N–H and O–H groups in total. The summed E-state index contributed by atoms with van der Waals surface area (Å²) in [4.78, 5) is 12.0. The molecule has 0 saturated carbocycles. The Balaban J connectivity index is 1.63. The summed E-state index contributed by atoms with van der Waals surface area (Å²) in [6.07, 6.45) is 3.26. The van der Waals surface area contributed by atoms with Crippen LogP contribution in [0, 0.1) is 0 Å². The first-order valence-electron chi connectivity index (χ1n) is 7.61. The van der Waals surface area contributed by atoms with Crippen molar-refractivity contribution in [2.75, 3.05) is 5.32 Å². The molecule has 0 atom stereocenters. The molecule has 118 valence electrons.